The number of benzene rings is 1. The third kappa shape index (κ3) is 1.11. The largest absolute Gasteiger partial charge is 0.350 e. The van der Waals surface area contributed by atoms with Gasteiger partial charge in [-0.25, -0.2) is 0 Å². The standard InChI is InChI=1S/C14H18N2/c1-14(2)12(13(14)15)10-8-16(3)11-7-5-4-6-9(10)11/h4-8,12-13H,15H2,1-3H3/t12-,13-/m0/s1. The molecule has 1 aliphatic rings. The van der Waals surface area contributed by atoms with Crippen LogP contribution in [0.2, 0.25) is 0 Å². The Morgan fingerprint density at radius 3 is 2.50 bits per heavy atom. The van der Waals surface area contributed by atoms with Gasteiger partial charge in [-0.3, -0.25) is 0 Å². The fourth-order valence-electron chi connectivity index (χ4n) is 2.89. The van der Waals surface area contributed by atoms with E-state index in [1.165, 1.54) is 16.5 Å². The van der Waals surface area contributed by atoms with E-state index in [0.29, 0.717) is 12.0 Å². The summed E-state index contributed by atoms with van der Waals surface area (Å²) in [4.78, 5) is 0. The van der Waals surface area contributed by atoms with Crippen molar-refractivity contribution >= 4 is 10.9 Å². The van der Waals surface area contributed by atoms with Crippen LogP contribution in [0.4, 0.5) is 0 Å². The van der Waals surface area contributed by atoms with Crippen molar-refractivity contribution in [1.29, 1.82) is 0 Å². The van der Waals surface area contributed by atoms with E-state index in [1.54, 1.807) is 0 Å². The zero-order chi connectivity index (χ0) is 11.5. The predicted octanol–water partition coefficient (Wildman–Crippen LogP) is 2.63. The molecule has 2 aromatic rings. The Bertz CT molecular complexity index is 551. The van der Waals surface area contributed by atoms with Gasteiger partial charge in [-0.15, -0.1) is 0 Å². The van der Waals surface area contributed by atoms with Crippen LogP contribution < -0.4 is 5.73 Å². The second-order valence-electron chi connectivity index (χ2n) is 5.54. The Morgan fingerprint density at radius 1 is 1.25 bits per heavy atom. The minimum atomic E-state index is 0.254. The molecule has 0 bridgehead atoms. The van der Waals surface area contributed by atoms with Crippen LogP contribution in [0.25, 0.3) is 10.9 Å². The van der Waals surface area contributed by atoms with E-state index in [2.05, 4.69) is 55.9 Å². The van der Waals surface area contributed by atoms with E-state index < -0.39 is 0 Å². The molecule has 3 rings (SSSR count). The molecule has 0 amide bonds. The van der Waals surface area contributed by atoms with Crippen molar-refractivity contribution in [3.05, 3.63) is 36.0 Å². The summed E-state index contributed by atoms with van der Waals surface area (Å²) in [5, 5.41) is 1.36. The third-order valence-electron chi connectivity index (χ3n) is 4.17. The average molecular weight is 214 g/mol. The first-order chi connectivity index (χ1) is 7.53. The van der Waals surface area contributed by atoms with Gasteiger partial charge >= 0.3 is 0 Å². The minimum absolute atomic E-state index is 0.254. The molecular weight excluding hydrogens is 196 g/mol. The van der Waals surface area contributed by atoms with Crippen LogP contribution in [0.5, 0.6) is 0 Å². The lowest BCUT2D eigenvalue weighted by atomic mass is 10.0. The molecule has 1 fully saturated rings. The molecule has 1 aromatic carbocycles. The maximum atomic E-state index is 6.17. The van der Waals surface area contributed by atoms with Crippen molar-refractivity contribution in [3.63, 3.8) is 0 Å². The summed E-state index contributed by atoms with van der Waals surface area (Å²) in [5.41, 5.74) is 9.13. The summed E-state index contributed by atoms with van der Waals surface area (Å²) in [6, 6.07) is 8.86. The number of hydrogen-bond acceptors (Lipinski definition) is 1. The molecule has 2 nitrogen and oxygen atoms in total. The first kappa shape index (κ1) is 9.91. The lowest BCUT2D eigenvalue weighted by Crippen LogP contribution is -2.06. The summed E-state index contributed by atoms with van der Waals surface area (Å²) in [5.74, 6) is 0.513. The number of hydrogen-bond donors (Lipinski definition) is 1. The van der Waals surface area contributed by atoms with Crippen LogP contribution in [-0.4, -0.2) is 10.6 Å². The summed E-state index contributed by atoms with van der Waals surface area (Å²) < 4.78 is 2.20. The van der Waals surface area contributed by atoms with Crippen LogP contribution in [0.15, 0.2) is 30.5 Å². The van der Waals surface area contributed by atoms with Crippen molar-refractivity contribution in [2.75, 3.05) is 0 Å². The SMILES string of the molecule is Cn1cc([C@H]2[C@H](N)C2(C)C)c2ccccc21. The molecule has 0 saturated heterocycles. The normalized spacial score (nSPS) is 27.2. The number of nitrogens with two attached hydrogens (primary N) is 1. The highest BCUT2D eigenvalue weighted by Crippen LogP contribution is 2.58. The van der Waals surface area contributed by atoms with Crippen LogP contribution >= 0.6 is 0 Å². The molecule has 16 heavy (non-hydrogen) atoms. The molecule has 2 atom stereocenters. The van der Waals surface area contributed by atoms with E-state index in [9.17, 15) is 0 Å². The van der Waals surface area contributed by atoms with E-state index in [1.807, 2.05) is 0 Å². The molecule has 0 radical (unpaired) electrons. The summed E-state index contributed by atoms with van der Waals surface area (Å²) in [6.07, 6.45) is 2.24. The topological polar surface area (TPSA) is 30.9 Å². The summed E-state index contributed by atoms with van der Waals surface area (Å²) >= 11 is 0. The van der Waals surface area contributed by atoms with Crippen molar-refractivity contribution in [1.82, 2.24) is 4.57 Å². The number of aromatic nitrogens is 1. The van der Waals surface area contributed by atoms with Gasteiger partial charge in [0.05, 0.1) is 0 Å². The maximum Gasteiger partial charge on any atom is 0.0480 e. The van der Waals surface area contributed by atoms with Crippen molar-refractivity contribution in [3.8, 4) is 0 Å². The van der Waals surface area contributed by atoms with Crippen LogP contribution in [-0.2, 0) is 7.05 Å². The molecule has 2 N–H and O–H groups in total. The smallest absolute Gasteiger partial charge is 0.0480 e. The molecular formula is C14H18N2. The molecule has 2 heteroatoms. The van der Waals surface area contributed by atoms with Crippen molar-refractivity contribution in [2.24, 2.45) is 18.2 Å². The number of rotatable bonds is 1. The number of nitrogens with zero attached hydrogens (tertiary/aromatic N) is 1. The van der Waals surface area contributed by atoms with Gasteiger partial charge in [-0.05, 0) is 17.0 Å². The Balaban J connectivity index is 2.19. The molecule has 1 aromatic heterocycles. The quantitative estimate of drug-likeness (QED) is 0.777. The highest BCUT2D eigenvalue weighted by molar-refractivity contribution is 5.85. The van der Waals surface area contributed by atoms with Crippen LogP contribution in [0, 0.1) is 5.41 Å². The van der Waals surface area contributed by atoms with Gasteiger partial charge < -0.3 is 10.3 Å². The van der Waals surface area contributed by atoms with E-state index >= 15 is 0 Å². The van der Waals surface area contributed by atoms with Crippen molar-refractivity contribution < 1.29 is 0 Å². The molecule has 1 saturated carbocycles. The van der Waals surface area contributed by atoms with E-state index in [-0.39, 0.29) is 5.41 Å². The second kappa shape index (κ2) is 2.89. The highest BCUT2D eigenvalue weighted by Gasteiger charge is 2.56. The molecule has 1 heterocycles. The molecule has 0 aliphatic heterocycles. The minimum Gasteiger partial charge on any atom is -0.350 e. The number of fused-ring (bicyclic) bond motifs is 1. The van der Waals surface area contributed by atoms with Gasteiger partial charge in [-0.1, -0.05) is 32.0 Å². The predicted molar refractivity (Wildman–Crippen MR) is 67.4 cm³/mol. The van der Waals surface area contributed by atoms with Crippen LogP contribution in [0.3, 0.4) is 0 Å². The molecule has 0 spiro atoms. The third-order valence-corrected chi connectivity index (χ3v) is 4.17. The first-order valence-electron chi connectivity index (χ1n) is 5.83. The molecule has 0 unspecified atom stereocenters. The van der Waals surface area contributed by atoms with Gasteiger partial charge in [-0.2, -0.15) is 0 Å². The number of para-hydroxylation sites is 1. The first-order valence-corrected chi connectivity index (χ1v) is 5.83. The lowest BCUT2D eigenvalue weighted by Gasteiger charge is -2.00. The summed E-state index contributed by atoms with van der Waals surface area (Å²) in [6.45, 7) is 4.51. The van der Waals surface area contributed by atoms with Gasteiger partial charge in [0.15, 0.2) is 0 Å². The second-order valence-corrected chi connectivity index (χ2v) is 5.54. The number of aryl methyl sites for hydroxylation is 1. The fraction of sp³-hybridized carbons (Fsp3) is 0.429. The summed E-state index contributed by atoms with van der Waals surface area (Å²) in [7, 11) is 2.10. The Morgan fingerprint density at radius 2 is 1.88 bits per heavy atom. The lowest BCUT2D eigenvalue weighted by molar-refractivity contribution is 0.599. The Hall–Kier alpha value is -1.28. The van der Waals surface area contributed by atoms with Gasteiger partial charge in [0, 0.05) is 36.1 Å². The van der Waals surface area contributed by atoms with E-state index in [4.69, 9.17) is 5.73 Å². The highest BCUT2D eigenvalue weighted by atomic mass is 14.9. The molecule has 84 valence electrons. The Kier molecular flexibility index (Phi) is 1.79. The Labute approximate surface area is 96.1 Å². The zero-order valence-electron chi connectivity index (χ0n) is 10.1. The zero-order valence-corrected chi connectivity index (χ0v) is 10.1. The monoisotopic (exact) mass is 214 g/mol. The van der Waals surface area contributed by atoms with Crippen LogP contribution in [0.1, 0.15) is 25.3 Å². The molecule has 1 aliphatic carbocycles. The van der Waals surface area contributed by atoms with E-state index in [0.717, 1.165) is 0 Å². The van der Waals surface area contributed by atoms with Gasteiger partial charge in [0.1, 0.15) is 0 Å². The van der Waals surface area contributed by atoms with Gasteiger partial charge in [0.2, 0.25) is 0 Å². The fourth-order valence-corrected chi connectivity index (χ4v) is 2.89. The average Bonchev–Trinajstić information content (AvgIpc) is 2.60. The van der Waals surface area contributed by atoms with Crippen molar-refractivity contribution in [2.45, 2.75) is 25.8 Å². The maximum absolute atomic E-state index is 6.17. The van der Waals surface area contributed by atoms with Gasteiger partial charge in [0.25, 0.3) is 0 Å².